The lowest BCUT2D eigenvalue weighted by Gasteiger charge is -2.25. The van der Waals surface area contributed by atoms with Crippen LogP contribution in [-0.2, 0) is 17.7 Å². The first-order valence-electron chi connectivity index (χ1n) is 6.82. The third kappa shape index (κ3) is 4.79. The summed E-state index contributed by atoms with van der Waals surface area (Å²) in [7, 11) is 1.72. The zero-order valence-corrected chi connectivity index (χ0v) is 13.5. The summed E-state index contributed by atoms with van der Waals surface area (Å²) in [6.45, 7) is 11.9. The maximum absolute atomic E-state index is 6.36. The van der Waals surface area contributed by atoms with Crippen molar-refractivity contribution in [2.75, 3.05) is 26.8 Å². The minimum Gasteiger partial charge on any atom is -0.383 e. The normalized spacial score (nSPS) is 12.1. The number of aryl methyl sites for hydroxylation is 2. The molecule has 19 heavy (non-hydrogen) atoms. The number of ether oxygens (including phenoxy) is 1. The van der Waals surface area contributed by atoms with Gasteiger partial charge in [0.2, 0.25) is 0 Å². The average molecular weight is 288 g/mol. The molecule has 0 amide bonds. The van der Waals surface area contributed by atoms with E-state index in [-0.39, 0.29) is 5.41 Å². The quantitative estimate of drug-likeness (QED) is 0.747. The Morgan fingerprint density at radius 1 is 1.42 bits per heavy atom. The van der Waals surface area contributed by atoms with Gasteiger partial charge in [-0.25, -0.2) is 0 Å². The summed E-state index contributed by atoms with van der Waals surface area (Å²) in [5, 5.41) is 8.69. The molecule has 110 valence electrons. The highest BCUT2D eigenvalue weighted by Gasteiger charge is 2.23. The molecule has 1 heterocycles. The monoisotopic (exact) mass is 287 g/mol. The van der Waals surface area contributed by atoms with Gasteiger partial charge < -0.3 is 10.1 Å². The van der Waals surface area contributed by atoms with Crippen LogP contribution in [0.3, 0.4) is 0 Å². The molecule has 1 aromatic heterocycles. The van der Waals surface area contributed by atoms with E-state index < -0.39 is 0 Å². The Morgan fingerprint density at radius 3 is 2.68 bits per heavy atom. The molecule has 0 radical (unpaired) electrons. The summed E-state index contributed by atoms with van der Waals surface area (Å²) in [5.41, 5.74) is 2.19. The topological polar surface area (TPSA) is 39.1 Å². The van der Waals surface area contributed by atoms with E-state index in [1.165, 1.54) is 0 Å². The minimum absolute atomic E-state index is 0.136. The van der Waals surface area contributed by atoms with Crippen molar-refractivity contribution in [1.82, 2.24) is 15.1 Å². The Labute approximate surface area is 121 Å². The van der Waals surface area contributed by atoms with Crippen molar-refractivity contribution in [3.8, 4) is 0 Å². The zero-order valence-electron chi connectivity index (χ0n) is 12.7. The number of rotatable bonds is 8. The molecule has 0 atom stereocenters. The molecule has 0 aliphatic heterocycles. The van der Waals surface area contributed by atoms with Crippen molar-refractivity contribution >= 4 is 11.6 Å². The van der Waals surface area contributed by atoms with E-state index in [1.54, 1.807) is 7.11 Å². The van der Waals surface area contributed by atoms with Gasteiger partial charge in [0.1, 0.15) is 0 Å². The molecule has 5 heteroatoms. The van der Waals surface area contributed by atoms with Gasteiger partial charge in [-0.15, -0.1) is 0 Å². The molecule has 1 N–H and O–H groups in total. The predicted molar refractivity (Wildman–Crippen MR) is 79.9 cm³/mol. The van der Waals surface area contributed by atoms with Crippen molar-refractivity contribution in [3.05, 3.63) is 16.4 Å². The Hall–Kier alpha value is -0.580. The number of methoxy groups -OCH3 is 1. The van der Waals surface area contributed by atoms with Crippen LogP contribution in [0.4, 0.5) is 0 Å². The molecular weight excluding hydrogens is 262 g/mol. The van der Waals surface area contributed by atoms with E-state index in [9.17, 15) is 0 Å². The van der Waals surface area contributed by atoms with E-state index in [4.69, 9.17) is 16.3 Å². The third-order valence-corrected chi connectivity index (χ3v) is 3.68. The fraction of sp³-hybridized carbons (Fsp3) is 0.786. The van der Waals surface area contributed by atoms with Gasteiger partial charge in [-0.05, 0) is 25.7 Å². The molecule has 1 rings (SSSR count). The largest absolute Gasteiger partial charge is 0.383 e. The van der Waals surface area contributed by atoms with Crippen LogP contribution in [0, 0.1) is 12.3 Å². The van der Waals surface area contributed by atoms with Crippen LogP contribution in [0.1, 0.15) is 32.2 Å². The first kappa shape index (κ1) is 16.5. The summed E-state index contributed by atoms with van der Waals surface area (Å²) in [6.07, 6.45) is 0.917. The number of nitrogens with one attached hydrogen (secondary N) is 1. The Balaban J connectivity index is 2.66. The lowest BCUT2D eigenvalue weighted by atomic mass is 9.87. The number of nitrogens with zero attached hydrogens (tertiary/aromatic N) is 2. The highest BCUT2D eigenvalue weighted by Crippen LogP contribution is 2.28. The van der Waals surface area contributed by atoms with Crippen molar-refractivity contribution in [1.29, 1.82) is 0 Å². The van der Waals surface area contributed by atoms with Crippen LogP contribution >= 0.6 is 11.6 Å². The lowest BCUT2D eigenvalue weighted by Crippen LogP contribution is -2.33. The molecule has 0 spiro atoms. The number of aromatic nitrogens is 2. The Bertz CT molecular complexity index is 402. The van der Waals surface area contributed by atoms with Gasteiger partial charge in [-0.1, -0.05) is 25.4 Å². The first-order chi connectivity index (χ1) is 8.91. The smallest absolute Gasteiger partial charge is 0.0847 e. The van der Waals surface area contributed by atoms with E-state index in [0.29, 0.717) is 0 Å². The van der Waals surface area contributed by atoms with Gasteiger partial charge in [-0.3, -0.25) is 4.68 Å². The van der Waals surface area contributed by atoms with E-state index in [2.05, 4.69) is 31.2 Å². The van der Waals surface area contributed by atoms with E-state index in [0.717, 1.165) is 49.1 Å². The standard InChI is InChI=1S/C14H26ClN3O/c1-6-18-12(13(15)11(2)17-18)9-14(3,4)10-16-7-8-19-5/h16H,6-10H2,1-5H3. The number of hydrogen-bond donors (Lipinski definition) is 1. The summed E-state index contributed by atoms with van der Waals surface area (Å²) in [6, 6.07) is 0. The highest BCUT2D eigenvalue weighted by molar-refractivity contribution is 6.31. The lowest BCUT2D eigenvalue weighted by molar-refractivity contribution is 0.193. The summed E-state index contributed by atoms with van der Waals surface area (Å²) >= 11 is 6.36. The van der Waals surface area contributed by atoms with Gasteiger partial charge in [0.05, 0.1) is 23.0 Å². The molecule has 4 nitrogen and oxygen atoms in total. The first-order valence-corrected chi connectivity index (χ1v) is 7.20. The van der Waals surface area contributed by atoms with Gasteiger partial charge in [0.15, 0.2) is 0 Å². The molecule has 0 aliphatic rings. The highest BCUT2D eigenvalue weighted by atomic mass is 35.5. The summed E-state index contributed by atoms with van der Waals surface area (Å²) < 4.78 is 7.04. The molecule has 0 aromatic carbocycles. The molecule has 0 unspecified atom stereocenters. The van der Waals surface area contributed by atoms with Gasteiger partial charge >= 0.3 is 0 Å². The summed E-state index contributed by atoms with van der Waals surface area (Å²) in [4.78, 5) is 0. The number of hydrogen-bond acceptors (Lipinski definition) is 3. The fourth-order valence-electron chi connectivity index (χ4n) is 2.15. The van der Waals surface area contributed by atoms with Crippen LogP contribution in [-0.4, -0.2) is 36.6 Å². The van der Waals surface area contributed by atoms with Crippen molar-refractivity contribution in [2.45, 2.75) is 40.7 Å². The van der Waals surface area contributed by atoms with Crippen LogP contribution in [0.2, 0.25) is 5.02 Å². The second kappa shape index (κ2) is 7.27. The second-order valence-corrected chi connectivity index (χ2v) is 6.05. The van der Waals surface area contributed by atoms with Crippen LogP contribution in [0.25, 0.3) is 0 Å². The van der Waals surface area contributed by atoms with Crippen molar-refractivity contribution < 1.29 is 4.74 Å². The Morgan fingerprint density at radius 2 is 2.11 bits per heavy atom. The van der Waals surface area contributed by atoms with Crippen molar-refractivity contribution in [2.24, 2.45) is 5.41 Å². The molecule has 0 aliphatic carbocycles. The van der Waals surface area contributed by atoms with E-state index in [1.807, 2.05) is 11.6 Å². The molecule has 0 bridgehead atoms. The van der Waals surface area contributed by atoms with Crippen molar-refractivity contribution in [3.63, 3.8) is 0 Å². The summed E-state index contributed by atoms with van der Waals surface area (Å²) in [5.74, 6) is 0. The maximum Gasteiger partial charge on any atom is 0.0847 e. The number of halogens is 1. The maximum atomic E-state index is 6.36. The molecular formula is C14H26ClN3O. The van der Waals surface area contributed by atoms with Crippen LogP contribution in [0.5, 0.6) is 0 Å². The fourth-order valence-corrected chi connectivity index (χ4v) is 2.36. The molecule has 0 fully saturated rings. The minimum atomic E-state index is 0.136. The third-order valence-electron chi connectivity index (χ3n) is 3.19. The predicted octanol–water partition coefficient (Wildman–Crippen LogP) is 2.67. The van der Waals surface area contributed by atoms with Gasteiger partial charge in [0, 0.05) is 26.7 Å². The van der Waals surface area contributed by atoms with E-state index >= 15 is 0 Å². The van der Waals surface area contributed by atoms with Crippen LogP contribution in [0.15, 0.2) is 0 Å². The zero-order chi connectivity index (χ0) is 14.5. The molecule has 0 saturated heterocycles. The average Bonchev–Trinajstić information content (AvgIpc) is 2.62. The van der Waals surface area contributed by atoms with Crippen LogP contribution < -0.4 is 5.32 Å². The van der Waals surface area contributed by atoms with Gasteiger partial charge in [-0.2, -0.15) is 5.10 Å². The Kier molecular flexibility index (Phi) is 6.30. The van der Waals surface area contributed by atoms with Gasteiger partial charge in [0.25, 0.3) is 0 Å². The molecule has 1 aromatic rings. The SMILES string of the molecule is CCn1nc(C)c(Cl)c1CC(C)(C)CNCCOC. The molecule has 0 saturated carbocycles. The second-order valence-electron chi connectivity index (χ2n) is 5.67.